The van der Waals surface area contributed by atoms with Gasteiger partial charge >= 0.3 is 6.09 Å². The molecule has 4 bridgehead atoms. The molecule has 5 aliphatic rings. The highest BCUT2D eigenvalue weighted by Gasteiger charge is 2.55. The SMILES string of the molecule is CC1(c2ccccc2)CN(C2C3CC4CC(C3)CC2C4)C(=O)O1. The molecule has 6 rings (SSSR count). The second-order valence-electron chi connectivity index (χ2n) is 8.51. The van der Waals surface area contributed by atoms with Gasteiger partial charge in [0, 0.05) is 6.04 Å². The first kappa shape index (κ1) is 13.9. The molecule has 23 heavy (non-hydrogen) atoms. The van der Waals surface area contributed by atoms with E-state index >= 15 is 0 Å². The second-order valence-corrected chi connectivity index (χ2v) is 8.51. The molecule has 4 aliphatic carbocycles. The van der Waals surface area contributed by atoms with Crippen LogP contribution in [0, 0.1) is 23.7 Å². The second kappa shape index (κ2) is 4.75. The lowest BCUT2D eigenvalue weighted by Gasteiger charge is -2.56. The van der Waals surface area contributed by atoms with Crippen molar-refractivity contribution in [1.82, 2.24) is 4.90 Å². The lowest BCUT2D eigenvalue weighted by atomic mass is 9.54. The van der Waals surface area contributed by atoms with Crippen LogP contribution < -0.4 is 0 Å². The minimum atomic E-state index is -0.493. The van der Waals surface area contributed by atoms with Gasteiger partial charge in [-0.15, -0.1) is 0 Å². The van der Waals surface area contributed by atoms with E-state index in [-0.39, 0.29) is 6.09 Å². The number of nitrogens with zero attached hydrogens (tertiary/aromatic N) is 1. The maximum absolute atomic E-state index is 12.7. The minimum absolute atomic E-state index is 0.0890. The number of benzene rings is 1. The predicted molar refractivity (Wildman–Crippen MR) is 87.8 cm³/mol. The Labute approximate surface area is 138 Å². The Hall–Kier alpha value is -1.51. The number of amides is 1. The van der Waals surface area contributed by atoms with Gasteiger partial charge in [-0.2, -0.15) is 0 Å². The van der Waals surface area contributed by atoms with Gasteiger partial charge in [0.15, 0.2) is 5.60 Å². The predicted octanol–water partition coefficient (Wildman–Crippen LogP) is 4.18. The van der Waals surface area contributed by atoms with Gasteiger partial charge in [0.1, 0.15) is 0 Å². The summed E-state index contributed by atoms with van der Waals surface area (Å²) in [6, 6.07) is 10.7. The standard InChI is InChI=1S/C20H25NO2/c1-20(17-5-3-2-4-6-17)12-21(19(22)23-20)18-15-8-13-7-14(10-15)11-16(18)9-13/h2-6,13-16,18H,7-12H2,1H3. The molecular weight excluding hydrogens is 286 g/mol. The third-order valence-electron chi connectivity index (χ3n) is 6.94. The van der Waals surface area contributed by atoms with E-state index < -0.39 is 5.60 Å². The minimum Gasteiger partial charge on any atom is -0.436 e. The number of rotatable bonds is 2. The highest BCUT2D eigenvalue weighted by Crippen LogP contribution is 2.56. The number of ether oxygens (including phenoxy) is 1. The molecule has 0 radical (unpaired) electrons. The molecule has 122 valence electrons. The molecule has 1 unspecified atom stereocenters. The van der Waals surface area contributed by atoms with E-state index in [9.17, 15) is 4.79 Å². The summed E-state index contributed by atoms with van der Waals surface area (Å²) < 4.78 is 5.89. The first-order chi connectivity index (χ1) is 11.1. The molecule has 0 N–H and O–H groups in total. The Balaban J connectivity index is 1.43. The summed E-state index contributed by atoms with van der Waals surface area (Å²) in [5.41, 5.74) is 0.618. The van der Waals surface area contributed by atoms with Crippen LogP contribution in [0.5, 0.6) is 0 Å². The zero-order chi connectivity index (χ0) is 15.6. The van der Waals surface area contributed by atoms with Crippen molar-refractivity contribution in [2.75, 3.05) is 6.54 Å². The molecule has 1 amide bonds. The highest BCUT2D eigenvalue weighted by atomic mass is 16.6. The van der Waals surface area contributed by atoms with Crippen molar-refractivity contribution in [2.45, 2.75) is 50.7 Å². The van der Waals surface area contributed by atoms with Gasteiger partial charge in [-0.05, 0) is 68.3 Å². The summed E-state index contributed by atoms with van der Waals surface area (Å²) >= 11 is 0. The Morgan fingerprint density at radius 1 is 1.00 bits per heavy atom. The number of hydrogen-bond donors (Lipinski definition) is 0. The Kier molecular flexibility index (Phi) is 2.87. The van der Waals surface area contributed by atoms with E-state index in [0.29, 0.717) is 12.6 Å². The number of carbonyl (C=O) groups excluding carboxylic acids is 1. The molecule has 5 fully saturated rings. The molecule has 3 nitrogen and oxygen atoms in total. The first-order valence-electron chi connectivity index (χ1n) is 9.17. The van der Waals surface area contributed by atoms with Crippen LogP contribution in [-0.4, -0.2) is 23.6 Å². The Morgan fingerprint density at radius 2 is 1.61 bits per heavy atom. The molecule has 1 atom stereocenters. The van der Waals surface area contributed by atoms with Crippen LogP contribution >= 0.6 is 0 Å². The number of hydrogen-bond acceptors (Lipinski definition) is 2. The highest BCUT2D eigenvalue weighted by molar-refractivity contribution is 5.71. The van der Waals surface area contributed by atoms with E-state index in [0.717, 1.165) is 29.2 Å². The van der Waals surface area contributed by atoms with Crippen molar-refractivity contribution in [3.8, 4) is 0 Å². The van der Waals surface area contributed by atoms with Crippen molar-refractivity contribution in [3.05, 3.63) is 35.9 Å². The Bertz CT molecular complexity index is 600. The van der Waals surface area contributed by atoms with Crippen molar-refractivity contribution < 1.29 is 9.53 Å². The molecule has 1 aromatic rings. The van der Waals surface area contributed by atoms with Crippen LogP contribution in [0.3, 0.4) is 0 Å². The van der Waals surface area contributed by atoms with Gasteiger partial charge in [-0.25, -0.2) is 4.79 Å². The van der Waals surface area contributed by atoms with Crippen LogP contribution in [0.4, 0.5) is 4.79 Å². The summed E-state index contributed by atoms with van der Waals surface area (Å²) in [4.78, 5) is 14.8. The number of cyclic esters (lactones) is 1. The molecule has 0 aromatic heterocycles. The van der Waals surface area contributed by atoms with Gasteiger partial charge < -0.3 is 9.64 Å². The first-order valence-corrected chi connectivity index (χ1v) is 9.17. The van der Waals surface area contributed by atoms with Crippen LogP contribution in [0.15, 0.2) is 30.3 Å². The molecule has 3 heteroatoms. The van der Waals surface area contributed by atoms with Gasteiger partial charge in [0.25, 0.3) is 0 Å². The van der Waals surface area contributed by atoms with Crippen LogP contribution in [0.2, 0.25) is 0 Å². The molecule has 4 saturated carbocycles. The van der Waals surface area contributed by atoms with Gasteiger partial charge in [-0.1, -0.05) is 30.3 Å². The van der Waals surface area contributed by atoms with E-state index in [2.05, 4.69) is 24.0 Å². The maximum Gasteiger partial charge on any atom is 0.411 e. The quantitative estimate of drug-likeness (QED) is 0.820. The summed E-state index contributed by atoms with van der Waals surface area (Å²) in [7, 11) is 0. The fraction of sp³-hybridized carbons (Fsp3) is 0.650. The monoisotopic (exact) mass is 311 g/mol. The van der Waals surface area contributed by atoms with Gasteiger partial charge in [0.2, 0.25) is 0 Å². The molecule has 1 saturated heterocycles. The largest absolute Gasteiger partial charge is 0.436 e. The summed E-state index contributed by atoms with van der Waals surface area (Å²) in [5.74, 6) is 3.31. The van der Waals surface area contributed by atoms with Crippen LogP contribution in [-0.2, 0) is 10.3 Å². The summed E-state index contributed by atoms with van der Waals surface area (Å²) in [5, 5.41) is 0. The fourth-order valence-corrected chi connectivity index (χ4v) is 6.25. The average Bonchev–Trinajstić information content (AvgIpc) is 2.83. The van der Waals surface area contributed by atoms with Gasteiger partial charge in [-0.3, -0.25) is 0 Å². The van der Waals surface area contributed by atoms with Crippen LogP contribution in [0.1, 0.15) is 44.6 Å². The van der Waals surface area contributed by atoms with Crippen molar-refractivity contribution in [1.29, 1.82) is 0 Å². The van der Waals surface area contributed by atoms with Gasteiger partial charge in [0.05, 0.1) is 6.54 Å². The topological polar surface area (TPSA) is 29.5 Å². The van der Waals surface area contributed by atoms with E-state index in [4.69, 9.17) is 4.74 Å². The van der Waals surface area contributed by atoms with Crippen molar-refractivity contribution in [3.63, 3.8) is 0 Å². The lowest BCUT2D eigenvalue weighted by Crippen LogP contribution is -2.56. The Morgan fingerprint density at radius 3 is 2.22 bits per heavy atom. The van der Waals surface area contributed by atoms with E-state index in [1.165, 1.54) is 32.1 Å². The summed E-state index contributed by atoms with van der Waals surface area (Å²) in [6.45, 7) is 2.78. The smallest absolute Gasteiger partial charge is 0.411 e. The third kappa shape index (κ3) is 2.05. The zero-order valence-corrected chi connectivity index (χ0v) is 13.8. The molecule has 1 heterocycles. The molecule has 0 spiro atoms. The van der Waals surface area contributed by atoms with Crippen LogP contribution in [0.25, 0.3) is 0 Å². The number of carbonyl (C=O) groups is 1. The molecule has 1 aromatic carbocycles. The normalized spacial score (nSPS) is 44.7. The third-order valence-corrected chi connectivity index (χ3v) is 6.94. The van der Waals surface area contributed by atoms with E-state index in [1.54, 1.807) is 0 Å². The van der Waals surface area contributed by atoms with E-state index in [1.807, 2.05) is 18.2 Å². The zero-order valence-electron chi connectivity index (χ0n) is 13.8. The lowest BCUT2D eigenvalue weighted by molar-refractivity contribution is -0.0485. The molecular formula is C20H25NO2. The average molecular weight is 311 g/mol. The maximum atomic E-state index is 12.7. The van der Waals surface area contributed by atoms with Crippen molar-refractivity contribution >= 4 is 6.09 Å². The van der Waals surface area contributed by atoms with Crippen molar-refractivity contribution in [2.24, 2.45) is 23.7 Å². The fourth-order valence-electron chi connectivity index (χ4n) is 6.25. The molecule has 1 aliphatic heterocycles. The summed E-state index contributed by atoms with van der Waals surface area (Å²) in [6.07, 6.45) is 6.71.